The summed E-state index contributed by atoms with van der Waals surface area (Å²) in [4.78, 5) is 18.1. The third-order valence-corrected chi connectivity index (χ3v) is 2.78. The van der Waals surface area contributed by atoms with Gasteiger partial charge in [0.25, 0.3) is 0 Å². The first-order valence-corrected chi connectivity index (χ1v) is 5.67. The third kappa shape index (κ3) is 2.79. The summed E-state index contributed by atoms with van der Waals surface area (Å²) in [6, 6.07) is 6.06. The highest BCUT2D eigenvalue weighted by Gasteiger charge is 2.20. The lowest BCUT2D eigenvalue weighted by molar-refractivity contribution is -0.131. The monoisotopic (exact) mass is 219 g/mol. The van der Waals surface area contributed by atoms with Crippen LogP contribution in [0.3, 0.4) is 0 Å². The molecule has 1 atom stereocenters. The Bertz CT molecular complexity index is 353. The molecule has 0 bridgehead atoms. The van der Waals surface area contributed by atoms with E-state index in [1.807, 2.05) is 23.1 Å². The van der Waals surface area contributed by atoms with E-state index in [-0.39, 0.29) is 5.91 Å². The van der Waals surface area contributed by atoms with Gasteiger partial charge in [0.2, 0.25) is 5.91 Å². The van der Waals surface area contributed by atoms with E-state index in [0.717, 1.165) is 25.3 Å². The second-order valence-electron chi connectivity index (χ2n) is 4.19. The number of carbonyl (C=O) groups is 1. The molecule has 16 heavy (non-hydrogen) atoms. The van der Waals surface area contributed by atoms with Crippen molar-refractivity contribution in [3.63, 3.8) is 0 Å². The van der Waals surface area contributed by atoms with Crippen LogP contribution in [0.5, 0.6) is 0 Å². The predicted molar refractivity (Wildman–Crippen MR) is 62.0 cm³/mol. The average molecular weight is 219 g/mol. The molecular weight excluding hydrogens is 202 g/mol. The van der Waals surface area contributed by atoms with Crippen molar-refractivity contribution in [3.05, 3.63) is 30.1 Å². The molecular formula is C12H17N3O. The van der Waals surface area contributed by atoms with Gasteiger partial charge in [0.15, 0.2) is 0 Å². The zero-order chi connectivity index (χ0) is 11.4. The van der Waals surface area contributed by atoms with Gasteiger partial charge in [0, 0.05) is 37.6 Å². The van der Waals surface area contributed by atoms with Crippen molar-refractivity contribution in [1.82, 2.24) is 15.2 Å². The van der Waals surface area contributed by atoms with E-state index < -0.39 is 0 Å². The Kier molecular flexibility index (Phi) is 3.51. The van der Waals surface area contributed by atoms with Gasteiger partial charge in [0.1, 0.15) is 0 Å². The van der Waals surface area contributed by atoms with Gasteiger partial charge in [-0.05, 0) is 19.1 Å². The maximum atomic E-state index is 12.0. The molecule has 0 saturated carbocycles. The van der Waals surface area contributed by atoms with Gasteiger partial charge in [-0.1, -0.05) is 6.07 Å². The lowest BCUT2D eigenvalue weighted by Gasteiger charge is -2.31. The molecule has 0 spiro atoms. The summed E-state index contributed by atoms with van der Waals surface area (Å²) in [7, 11) is 0. The number of rotatable bonds is 2. The van der Waals surface area contributed by atoms with Crippen molar-refractivity contribution < 1.29 is 4.79 Å². The average Bonchev–Trinajstić information content (AvgIpc) is 2.30. The highest BCUT2D eigenvalue weighted by Crippen LogP contribution is 2.03. The summed E-state index contributed by atoms with van der Waals surface area (Å²) in [5, 5.41) is 3.32. The molecule has 1 aromatic heterocycles. The first-order valence-electron chi connectivity index (χ1n) is 5.67. The second-order valence-corrected chi connectivity index (χ2v) is 4.19. The molecule has 86 valence electrons. The topological polar surface area (TPSA) is 45.2 Å². The normalized spacial score (nSPS) is 20.8. The predicted octanol–water partition coefficient (Wildman–Crippen LogP) is 0.444. The minimum Gasteiger partial charge on any atom is -0.340 e. The number of amides is 1. The Morgan fingerprint density at radius 1 is 1.62 bits per heavy atom. The highest BCUT2D eigenvalue weighted by molar-refractivity contribution is 5.78. The molecule has 4 heteroatoms. The Balaban J connectivity index is 1.93. The van der Waals surface area contributed by atoms with Gasteiger partial charge < -0.3 is 10.2 Å². The zero-order valence-corrected chi connectivity index (χ0v) is 9.52. The van der Waals surface area contributed by atoms with E-state index in [0.29, 0.717) is 12.5 Å². The number of hydrogen-bond acceptors (Lipinski definition) is 3. The van der Waals surface area contributed by atoms with Crippen molar-refractivity contribution in [3.8, 4) is 0 Å². The van der Waals surface area contributed by atoms with Gasteiger partial charge in [-0.3, -0.25) is 9.78 Å². The van der Waals surface area contributed by atoms with Crippen LogP contribution in [0.15, 0.2) is 24.4 Å². The SMILES string of the molecule is CC1CN(C(=O)Cc2ccccn2)CCN1. The number of hydrogen-bond donors (Lipinski definition) is 1. The van der Waals surface area contributed by atoms with Crippen molar-refractivity contribution in [2.75, 3.05) is 19.6 Å². The van der Waals surface area contributed by atoms with Gasteiger partial charge in [-0.15, -0.1) is 0 Å². The maximum Gasteiger partial charge on any atom is 0.228 e. The van der Waals surface area contributed by atoms with E-state index in [4.69, 9.17) is 0 Å². The number of aromatic nitrogens is 1. The molecule has 4 nitrogen and oxygen atoms in total. The Hall–Kier alpha value is -1.42. The van der Waals surface area contributed by atoms with E-state index in [1.165, 1.54) is 0 Å². The largest absolute Gasteiger partial charge is 0.340 e. The van der Waals surface area contributed by atoms with Gasteiger partial charge in [0.05, 0.1) is 6.42 Å². The molecule has 1 fully saturated rings. The lowest BCUT2D eigenvalue weighted by Crippen LogP contribution is -2.51. The fraction of sp³-hybridized carbons (Fsp3) is 0.500. The van der Waals surface area contributed by atoms with Crippen molar-refractivity contribution in [1.29, 1.82) is 0 Å². The van der Waals surface area contributed by atoms with E-state index >= 15 is 0 Å². The van der Waals surface area contributed by atoms with E-state index in [9.17, 15) is 4.79 Å². The second kappa shape index (κ2) is 5.07. The van der Waals surface area contributed by atoms with Gasteiger partial charge in [-0.2, -0.15) is 0 Å². The summed E-state index contributed by atoms with van der Waals surface area (Å²) in [5.74, 6) is 0.173. The summed E-state index contributed by atoms with van der Waals surface area (Å²) in [6.45, 7) is 4.58. The van der Waals surface area contributed by atoms with E-state index in [1.54, 1.807) is 6.20 Å². The number of nitrogens with zero attached hydrogens (tertiary/aromatic N) is 2. The molecule has 1 aromatic rings. The number of piperazine rings is 1. The summed E-state index contributed by atoms with van der Waals surface area (Å²) >= 11 is 0. The fourth-order valence-electron chi connectivity index (χ4n) is 1.93. The van der Waals surface area contributed by atoms with Crippen LogP contribution in [0.1, 0.15) is 12.6 Å². The first kappa shape index (κ1) is 11.1. The van der Waals surface area contributed by atoms with Crippen LogP contribution in [-0.2, 0) is 11.2 Å². The van der Waals surface area contributed by atoms with Crippen LogP contribution in [0, 0.1) is 0 Å². The molecule has 0 aromatic carbocycles. The van der Waals surface area contributed by atoms with Gasteiger partial charge in [-0.25, -0.2) is 0 Å². The quantitative estimate of drug-likeness (QED) is 0.785. The summed E-state index contributed by atoms with van der Waals surface area (Å²) in [6.07, 6.45) is 2.14. The molecule has 1 aliphatic rings. The zero-order valence-electron chi connectivity index (χ0n) is 9.52. The number of pyridine rings is 1. The van der Waals surface area contributed by atoms with Crippen LogP contribution in [-0.4, -0.2) is 41.5 Å². The van der Waals surface area contributed by atoms with Crippen LogP contribution >= 0.6 is 0 Å². The van der Waals surface area contributed by atoms with Crippen molar-refractivity contribution in [2.24, 2.45) is 0 Å². The minimum absolute atomic E-state index is 0.173. The van der Waals surface area contributed by atoms with Crippen molar-refractivity contribution >= 4 is 5.91 Å². The van der Waals surface area contributed by atoms with Crippen LogP contribution in [0.2, 0.25) is 0 Å². The molecule has 2 rings (SSSR count). The highest BCUT2D eigenvalue weighted by atomic mass is 16.2. The summed E-state index contributed by atoms with van der Waals surface area (Å²) in [5.41, 5.74) is 0.846. The van der Waals surface area contributed by atoms with Crippen LogP contribution in [0.4, 0.5) is 0 Å². The first-order chi connectivity index (χ1) is 7.75. The fourth-order valence-corrected chi connectivity index (χ4v) is 1.93. The number of carbonyl (C=O) groups excluding carboxylic acids is 1. The Labute approximate surface area is 95.7 Å². The third-order valence-electron chi connectivity index (χ3n) is 2.78. The molecule has 1 unspecified atom stereocenters. The van der Waals surface area contributed by atoms with E-state index in [2.05, 4.69) is 17.2 Å². The number of nitrogens with one attached hydrogen (secondary N) is 1. The molecule has 1 N–H and O–H groups in total. The summed E-state index contributed by atoms with van der Waals surface area (Å²) < 4.78 is 0. The standard InChI is InChI=1S/C12H17N3O/c1-10-9-15(7-6-13-10)12(16)8-11-4-2-3-5-14-11/h2-5,10,13H,6-9H2,1H3. The van der Waals surface area contributed by atoms with Gasteiger partial charge >= 0.3 is 0 Å². The smallest absolute Gasteiger partial charge is 0.228 e. The molecule has 1 aliphatic heterocycles. The van der Waals surface area contributed by atoms with Crippen LogP contribution < -0.4 is 5.32 Å². The molecule has 1 amide bonds. The van der Waals surface area contributed by atoms with Crippen LogP contribution in [0.25, 0.3) is 0 Å². The molecule has 1 saturated heterocycles. The van der Waals surface area contributed by atoms with Crippen molar-refractivity contribution in [2.45, 2.75) is 19.4 Å². The molecule has 0 aliphatic carbocycles. The Morgan fingerprint density at radius 2 is 2.50 bits per heavy atom. The maximum absolute atomic E-state index is 12.0. The minimum atomic E-state index is 0.173. The lowest BCUT2D eigenvalue weighted by atomic mass is 10.2. The molecule has 2 heterocycles. The molecule has 0 radical (unpaired) electrons. The Morgan fingerprint density at radius 3 is 3.19 bits per heavy atom.